The quantitative estimate of drug-likeness (QED) is 0.183. The molecule has 0 radical (unpaired) electrons. The summed E-state index contributed by atoms with van der Waals surface area (Å²) in [4.78, 5) is 53.4. The highest BCUT2D eigenvalue weighted by atomic mass is 16.5. The molecule has 4 fully saturated rings. The maximum Gasteiger partial charge on any atom is 0.328 e. The number of rotatable bonds is 9. The monoisotopic (exact) mass is 809 g/mol. The molecule has 3 saturated heterocycles. The summed E-state index contributed by atoms with van der Waals surface area (Å²) in [5.74, 6) is 1.56. The molecule has 60 heavy (non-hydrogen) atoms. The van der Waals surface area contributed by atoms with Crippen molar-refractivity contribution in [2.75, 3.05) is 49.1 Å². The third-order valence-electron chi connectivity index (χ3n) is 13.4. The van der Waals surface area contributed by atoms with Crippen molar-refractivity contribution in [2.45, 2.75) is 78.0 Å². The molecule has 0 bridgehead atoms. The van der Waals surface area contributed by atoms with Crippen molar-refractivity contribution in [1.29, 1.82) is 5.26 Å². The summed E-state index contributed by atoms with van der Waals surface area (Å²) in [6.45, 7) is 13.7. The molecule has 4 amide bonds. The smallest absolute Gasteiger partial charge is 0.328 e. The molecular formula is C45H51N11O4. The minimum atomic E-state index is -0.395. The molecule has 0 spiro atoms. The van der Waals surface area contributed by atoms with E-state index < -0.39 is 10.8 Å². The van der Waals surface area contributed by atoms with Crippen LogP contribution >= 0.6 is 0 Å². The van der Waals surface area contributed by atoms with Gasteiger partial charge in [-0.2, -0.15) is 5.26 Å². The van der Waals surface area contributed by atoms with Crippen molar-refractivity contribution < 1.29 is 19.1 Å². The minimum Gasteiger partial charge on any atom is -0.488 e. The van der Waals surface area contributed by atoms with Crippen molar-refractivity contribution in [2.24, 2.45) is 16.7 Å². The number of likely N-dealkylation sites (tertiary alicyclic amines) is 1. The van der Waals surface area contributed by atoms with Gasteiger partial charge in [0.15, 0.2) is 11.5 Å². The zero-order chi connectivity index (χ0) is 41.8. The van der Waals surface area contributed by atoms with Gasteiger partial charge in [0, 0.05) is 98.0 Å². The molecular weight excluding hydrogens is 759 g/mol. The molecule has 4 aromatic heterocycles. The molecule has 2 N–H and O–H groups in total. The van der Waals surface area contributed by atoms with E-state index in [-0.39, 0.29) is 42.1 Å². The second-order valence-corrected chi connectivity index (χ2v) is 18.0. The average molecular weight is 810 g/mol. The van der Waals surface area contributed by atoms with Gasteiger partial charge in [0.1, 0.15) is 23.6 Å². The number of ether oxygens (including phenoxy) is 1. The number of imide groups is 1. The first-order chi connectivity index (χ1) is 28.9. The van der Waals surface area contributed by atoms with Crippen LogP contribution in [0.2, 0.25) is 0 Å². The maximum absolute atomic E-state index is 13.6. The van der Waals surface area contributed by atoms with Crippen LogP contribution < -0.4 is 25.2 Å². The summed E-state index contributed by atoms with van der Waals surface area (Å²) in [6, 6.07) is 16.9. The molecule has 1 aliphatic carbocycles. The fourth-order valence-electron chi connectivity index (χ4n) is 10.5. The molecule has 0 unspecified atom stereocenters. The number of carbonyl (C=O) groups excluding carboxylic acids is 3. The number of amides is 4. The molecule has 9 rings (SSSR count). The Hall–Kier alpha value is -6.14. The molecule has 310 valence electrons. The number of nitrogens with zero attached hydrogens (tertiary/aromatic N) is 9. The fraction of sp³-hybridized carbons (Fsp3) is 0.467. The van der Waals surface area contributed by atoms with E-state index in [0.717, 1.165) is 86.3 Å². The topological polar surface area (TPSA) is 174 Å². The third-order valence-corrected chi connectivity index (χ3v) is 13.4. The van der Waals surface area contributed by atoms with E-state index in [1.165, 1.54) is 0 Å². The number of hydrogen-bond donors (Lipinski definition) is 2. The molecule has 15 nitrogen and oxygen atoms in total. The Kier molecular flexibility index (Phi) is 10.1. The highest BCUT2D eigenvalue weighted by Crippen LogP contribution is 2.56. The van der Waals surface area contributed by atoms with E-state index in [1.807, 2.05) is 36.4 Å². The number of pyridine rings is 2. The number of carbonyl (C=O) groups is 3. The van der Waals surface area contributed by atoms with Gasteiger partial charge >= 0.3 is 6.03 Å². The Morgan fingerprint density at radius 3 is 2.40 bits per heavy atom. The number of anilines is 2. The summed E-state index contributed by atoms with van der Waals surface area (Å²) in [7, 11) is 0. The first-order valence-electron chi connectivity index (χ1n) is 21.1. The molecule has 1 saturated carbocycles. The molecule has 5 aromatic rings. The van der Waals surface area contributed by atoms with Crippen LogP contribution in [0.15, 0.2) is 67.1 Å². The molecule has 4 aliphatic rings. The Morgan fingerprint density at radius 1 is 0.900 bits per heavy atom. The first kappa shape index (κ1) is 39.3. The van der Waals surface area contributed by atoms with Gasteiger partial charge in [0.2, 0.25) is 5.91 Å². The lowest BCUT2D eigenvalue weighted by atomic mass is 9.49. The normalized spacial score (nSPS) is 22.3. The zero-order valence-electron chi connectivity index (χ0n) is 34.6. The Bertz CT molecular complexity index is 2480. The Labute approximate surface area is 349 Å². The lowest BCUT2D eigenvalue weighted by Crippen LogP contribution is -2.74. The van der Waals surface area contributed by atoms with Crippen LogP contribution in [0.25, 0.3) is 21.9 Å². The number of nitrogens with one attached hydrogen (secondary N) is 2. The van der Waals surface area contributed by atoms with Crippen LogP contribution in [-0.2, 0) is 4.79 Å². The predicted molar refractivity (Wildman–Crippen MR) is 227 cm³/mol. The summed E-state index contributed by atoms with van der Waals surface area (Å²) in [5.41, 5.74) is 2.27. The number of benzene rings is 1. The van der Waals surface area contributed by atoms with Gasteiger partial charge in [-0.1, -0.05) is 27.7 Å². The summed E-state index contributed by atoms with van der Waals surface area (Å²) < 4.78 is 8.90. The van der Waals surface area contributed by atoms with Gasteiger partial charge in [-0.05, 0) is 80.1 Å². The van der Waals surface area contributed by atoms with Gasteiger partial charge < -0.3 is 24.4 Å². The fourth-order valence-corrected chi connectivity index (χ4v) is 10.5. The zero-order valence-corrected chi connectivity index (χ0v) is 34.6. The number of aromatic nitrogens is 5. The molecule has 15 heteroatoms. The number of nitriles is 1. The molecule has 1 aromatic carbocycles. The summed E-state index contributed by atoms with van der Waals surface area (Å²) in [6.07, 6.45) is 9.79. The lowest BCUT2D eigenvalue weighted by Gasteiger charge is -2.63. The number of piperidine rings is 2. The standard InChI is InChI=1S/C45H51N11O4/c1-44(2)41(45(3,4)42(44)60-35-9-7-29(26-46)38-32(35)6-5-18-47-38)50-40(58)33-8-10-36(52-51-33)54-22-12-28(13-23-54)27-53-20-14-30(15-21-53)55-24-16-31-34(11-19-48-39(31)55)56-25-17-37(57)49-43(56)59/h5-11,16,18-19,24,28,30,41-42H,12-15,17,20-23,25,27H2,1-4H3,(H,50,58)(H,49,57,59)/t41-,42-. The van der Waals surface area contributed by atoms with Crippen molar-refractivity contribution in [1.82, 2.24) is 40.3 Å². The number of urea groups is 1. The maximum atomic E-state index is 13.6. The van der Waals surface area contributed by atoms with Crippen LogP contribution in [0.5, 0.6) is 5.75 Å². The number of hydrogen-bond acceptors (Lipinski definition) is 11. The predicted octanol–water partition coefficient (Wildman–Crippen LogP) is 5.86. The van der Waals surface area contributed by atoms with E-state index >= 15 is 0 Å². The van der Waals surface area contributed by atoms with Crippen molar-refractivity contribution in [3.63, 3.8) is 0 Å². The van der Waals surface area contributed by atoms with Gasteiger partial charge in [0.25, 0.3) is 5.91 Å². The van der Waals surface area contributed by atoms with E-state index in [0.29, 0.717) is 35.3 Å². The Balaban J connectivity index is 0.751. The van der Waals surface area contributed by atoms with Crippen LogP contribution in [0.3, 0.4) is 0 Å². The summed E-state index contributed by atoms with van der Waals surface area (Å²) in [5, 5.41) is 25.8. The van der Waals surface area contributed by atoms with Crippen molar-refractivity contribution in [3.8, 4) is 11.8 Å². The second-order valence-electron chi connectivity index (χ2n) is 18.0. The van der Waals surface area contributed by atoms with E-state index in [4.69, 9.17) is 9.72 Å². The van der Waals surface area contributed by atoms with Crippen LogP contribution in [-0.4, -0.2) is 98.9 Å². The van der Waals surface area contributed by atoms with Crippen molar-refractivity contribution in [3.05, 3.63) is 78.4 Å². The van der Waals surface area contributed by atoms with Gasteiger partial charge in [-0.15, -0.1) is 10.2 Å². The van der Waals surface area contributed by atoms with E-state index in [9.17, 15) is 19.6 Å². The highest BCUT2D eigenvalue weighted by molar-refractivity contribution is 6.09. The van der Waals surface area contributed by atoms with E-state index in [2.05, 4.69) is 80.1 Å². The van der Waals surface area contributed by atoms with Crippen LogP contribution in [0.1, 0.15) is 81.9 Å². The van der Waals surface area contributed by atoms with Crippen LogP contribution in [0.4, 0.5) is 16.3 Å². The average Bonchev–Trinajstić information content (AvgIpc) is 3.70. The Morgan fingerprint density at radius 2 is 1.68 bits per heavy atom. The summed E-state index contributed by atoms with van der Waals surface area (Å²) >= 11 is 0. The highest BCUT2D eigenvalue weighted by Gasteiger charge is 2.64. The minimum absolute atomic E-state index is 0.180. The molecule has 7 heterocycles. The molecule has 0 atom stereocenters. The first-order valence-corrected chi connectivity index (χ1v) is 21.1. The van der Waals surface area contributed by atoms with Gasteiger partial charge in [-0.3, -0.25) is 24.8 Å². The van der Waals surface area contributed by atoms with Crippen LogP contribution in [0, 0.1) is 28.1 Å². The lowest BCUT2D eigenvalue weighted by molar-refractivity contribution is -0.163. The SMILES string of the molecule is CC1(C)[C@H](NC(=O)c2ccc(N3CCC(CN4CCC(n5ccc6c(N7CCC(=O)NC7=O)ccnc65)CC4)CC3)nn2)C(C)(C)[C@H]1Oc1ccc(C#N)c2ncccc12. The van der Waals surface area contributed by atoms with Gasteiger partial charge in [0.05, 0.1) is 16.8 Å². The largest absolute Gasteiger partial charge is 0.488 e. The molecule has 3 aliphatic heterocycles. The van der Waals surface area contributed by atoms with E-state index in [1.54, 1.807) is 29.4 Å². The third kappa shape index (κ3) is 7.06. The van der Waals surface area contributed by atoms with Crippen molar-refractivity contribution >= 4 is 51.3 Å². The second kappa shape index (κ2) is 15.5. The number of fused-ring (bicyclic) bond motifs is 2. The van der Waals surface area contributed by atoms with Gasteiger partial charge in [-0.25, -0.2) is 9.78 Å².